The Morgan fingerprint density at radius 3 is 1.78 bits per heavy atom. The minimum atomic E-state index is -0.950. The van der Waals surface area contributed by atoms with Crippen molar-refractivity contribution in [2.24, 2.45) is 0 Å². The van der Waals surface area contributed by atoms with Crippen LogP contribution in [0.3, 0.4) is 0 Å². The first-order valence-corrected chi connectivity index (χ1v) is 16.5. The van der Waals surface area contributed by atoms with Gasteiger partial charge in [0.2, 0.25) is 0 Å². The Labute approximate surface area is 264 Å². The Morgan fingerprint density at radius 1 is 0.511 bits per heavy atom. The number of hydrogen-bond acceptors (Lipinski definition) is 3. The number of aromatic hydroxyl groups is 2. The lowest BCUT2D eigenvalue weighted by atomic mass is 9.91. The van der Waals surface area contributed by atoms with Gasteiger partial charge in [-0.25, -0.2) is 0 Å². The van der Waals surface area contributed by atoms with E-state index in [1.165, 1.54) is 15.9 Å². The van der Waals surface area contributed by atoms with Crippen LogP contribution in [0.5, 0.6) is 11.5 Å². The molecule has 0 aromatic heterocycles. The van der Waals surface area contributed by atoms with Gasteiger partial charge < -0.3 is 14.9 Å². The molecule has 7 aromatic carbocycles. The number of hydrogen-bond donors (Lipinski definition) is 2. The maximum atomic E-state index is 12.2. The fraction of sp³-hybridized carbons (Fsp3) is 0.0732. The fourth-order valence-corrected chi connectivity index (χ4v) is 8.61. The Morgan fingerprint density at radius 2 is 1.09 bits per heavy atom. The number of phenols is 2. The van der Waals surface area contributed by atoms with Crippen molar-refractivity contribution in [1.82, 2.24) is 0 Å². The highest BCUT2D eigenvalue weighted by Crippen LogP contribution is 2.46. The van der Waals surface area contributed by atoms with E-state index in [-0.39, 0.29) is 18.1 Å². The van der Waals surface area contributed by atoms with E-state index in [1.54, 1.807) is 6.07 Å². The predicted molar refractivity (Wildman–Crippen MR) is 189 cm³/mol. The monoisotopic (exact) mass is 604 g/mol. The summed E-state index contributed by atoms with van der Waals surface area (Å²) in [7, 11) is -0.950. The molecule has 0 atom stereocenters. The van der Waals surface area contributed by atoms with Gasteiger partial charge in [0.25, 0.3) is 0 Å². The maximum absolute atomic E-state index is 12.2. The van der Waals surface area contributed by atoms with Gasteiger partial charge in [0.15, 0.2) is 0 Å². The van der Waals surface area contributed by atoms with Crippen molar-refractivity contribution in [2.45, 2.75) is 13.0 Å². The second kappa shape index (κ2) is 13.0. The van der Waals surface area contributed by atoms with Crippen LogP contribution in [-0.4, -0.2) is 16.8 Å². The highest BCUT2D eigenvalue weighted by Gasteiger charge is 2.25. The van der Waals surface area contributed by atoms with E-state index in [1.807, 2.05) is 36.4 Å². The zero-order valence-corrected chi connectivity index (χ0v) is 25.7. The second-order valence-electron chi connectivity index (χ2n) is 11.1. The molecule has 7 aromatic rings. The third kappa shape index (κ3) is 5.81. The average Bonchev–Trinajstić information content (AvgIpc) is 3.09. The zero-order valence-electron chi connectivity index (χ0n) is 24.8. The number of para-hydroxylation sites is 1. The first kappa shape index (κ1) is 28.8. The first-order valence-electron chi connectivity index (χ1n) is 15.2. The van der Waals surface area contributed by atoms with Crippen molar-refractivity contribution >= 4 is 45.4 Å². The topological polar surface area (TPSA) is 49.7 Å². The normalized spacial score (nSPS) is 11.4. The number of benzene rings is 7. The SMILES string of the molecule is Oc1ccccc1CCOCc1cc2ccccc2c(-c2c(P(c3ccccc3)c3ccccc3)ccc3ccccc23)c1O. The molecule has 4 heteroatoms. The summed E-state index contributed by atoms with van der Waals surface area (Å²) in [4.78, 5) is 0. The third-order valence-electron chi connectivity index (χ3n) is 8.29. The van der Waals surface area contributed by atoms with Gasteiger partial charge >= 0.3 is 0 Å². The van der Waals surface area contributed by atoms with Crippen LogP contribution in [0.25, 0.3) is 32.7 Å². The van der Waals surface area contributed by atoms with Gasteiger partial charge in [0.1, 0.15) is 11.5 Å². The Hall–Kier alpha value is -4.95. The zero-order chi connectivity index (χ0) is 30.6. The molecule has 2 N–H and O–H groups in total. The molecular formula is C41H33O3P. The van der Waals surface area contributed by atoms with E-state index < -0.39 is 7.92 Å². The minimum absolute atomic E-state index is 0.241. The fourth-order valence-electron chi connectivity index (χ4n) is 6.13. The standard InChI is InChI=1S/C41H33O3P/c42-37-22-12-9-14-30(37)25-26-44-28-32-27-31-15-8-11-21-36(31)40(41(32)43)39-35-20-10-7-13-29(35)23-24-38(39)45(33-16-3-1-4-17-33)34-18-5-2-6-19-34/h1-24,27,42-43H,25-26,28H2. The maximum Gasteiger partial charge on any atom is 0.129 e. The van der Waals surface area contributed by atoms with E-state index in [0.29, 0.717) is 13.0 Å². The summed E-state index contributed by atoms with van der Waals surface area (Å²) in [5, 5.41) is 30.4. The molecule has 0 amide bonds. The number of ether oxygens (including phenoxy) is 1. The van der Waals surface area contributed by atoms with E-state index in [2.05, 4.69) is 109 Å². The molecule has 7 rings (SSSR count). The Kier molecular flexibility index (Phi) is 8.29. The number of rotatable bonds is 9. The summed E-state index contributed by atoms with van der Waals surface area (Å²) in [5.41, 5.74) is 3.47. The van der Waals surface area contributed by atoms with Crippen LogP contribution < -0.4 is 15.9 Å². The van der Waals surface area contributed by atoms with Crippen LogP contribution in [-0.2, 0) is 17.8 Å². The molecule has 0 saturated carbocycles. The minimum Gasteiger partial charge on any atom is -0.508 e. The molecule has 0 saturated heterocycles. The Balaban J connectivity index is 1.41. The quantitative estimate of drug-likeness (QED) is 0.128. The molecule has 0 spiro atoms. The number of phenolic OH excluding ortho intramolecular Hbond substituents is 2. The van der Waals surface area contributed by atoms with Gasteiger partial charge in [0, 0.05) is 16.7 Å². The molecule has 0 aliphatic heterocycles. The summed E-state index contributed by atoms with van der Waals surface area (Å²) in [6, 6.07) is 52.0. The van der Waals surface area contributed by atoms with Crippen LogP contribution >= 0.6 is 7.92 Å². The lowest BCUT2D eigenvalue weighted by Gasteiger charge is -2.25. The largest absolute Gasteiger partial charge is 0.508 e. The van der Waals surface area contributed by atoms with E-state index in [9.17, 15) is 10.2 Å². The van der Waals surface area contributed by atoms with Crippen molar-refractivity contribution in [3.8, 4) is 22.6 Å². The van der Waals surface area contributed by atoms with Crippen molar-refractivity contribution in [2.75, 3.05) is 6.61 Å². The van der Waals surface area contributed by atoms with Gasteiger partial charge in [-0.1, -0.05) is 140 Å². The van der Waals surface area contributed by atoms with E-state index in [0.717, 1.165) is 43.8 Å². The summed E-state index contributed by atoms with van der Waals surface area (Å²) in [5.74, 6) is 0.513. The second-order valence-corrected chi connectivity index (χ2v) is 13.3. The molecule has 0 radical (unpaired) electrons. The lowest BCUT2D eigenvalue weighted by molar-refractivity contribution is 0.122. The molecular weight excluding hydrogens is 571 g/mol. The van der Waals surface area contributed by atoms with E-state index in [4.69, 9.17) is 4.74 Å². The Bertz CT molecular complexity index is 2050. The smallest absolute Gasteiger partial charge is 0.129 e. The molecule has 0 heterocycles. The molecule has 220 valence electrons. The van der Waals surface area contributed by atoms with Crippen molar-refractivity contribution in [3.63, 3.8) is 0 Å². The van der Waals surface area contributed by atoms with E-state index >= 15 is 0 Å². The van der Waals surface area contributed by atoms with Gasteiger partial charge in [-0.15, -0.1) is 0 Å². The molecule has 0 bridgehead atoms. The van der Waals surface area contributed by atoms with Crippen molar-refractivity contribution in [3.05, 3.63) is 163 Å². The van der Waals surface area contributed by atoms with Gasteiger partial charge in [-0.3, -0.25) is 0 Å². The van der Waals surface area contributed by atoms with Gasteiger partial charge in [-0.05, 0) is 69.5 Å². The van der Waals surface area contributed by atoms with Gasteiger partial charge in [0.05, 0.1) is 13.2 Å². The molecule has 45 heavy (non-hydrogen) atoms. The number of fused-ring (bicyclic) bond motifs is 2. The first-order chi connectivity index (χ1) is 22.2. The highest BCUT2D eigenvalue weighted by atomic mass is 31.1. The molecule has 0 unspecified atom stereocenters. The molecule has 0 fully saturated rings. The highest BCUT2D eigenvalue weighted by molar-refractivity contribution is 7.80. The summed E-state index contributed by atoms with van der Waals surface area (Å²) >= 11 is 0. The van der Waals surface area contributed by atoms with Crippen molar-refractivity contribution < 1.29 is 14.9 Å². The summed E-state index contributed by atoms with van der Waals surface area (Å²) in [6.45, 7) is 0.676. The van der Waals surface area contributed by atoms with Crippen LogP contribution in [0, 0.1) is 0 Å². The van der Waals surface area contributed by atoms with Crippen molar-refractivity contribution in [1.29, 1.82) is 0 Å². The third-order valence-corrected chi connectivity index (χ3v) is 10.8. The average molecular weight is 605 g/mol. The van der Waals surface area contributed by atoms with Crippen LogP contribution in [0.4, 0.5) is 0 Å². The molecule has 0 aliphatic carbocycles. The summed E-state index contributed by atoms with van der Waals surface area (Å²) in [6.07, 6.45) is 0.583. The lowest BCUT2D eigenvalue weighted by Crippen LogP contribution is -2.22. The predicted octanol–water partition coefficient (Wildman–Crippen LogP) is 8.59. The van der Waals surface area contributed by atoms with Crippen LogP contribution in [0.15, 0.2) is 152 Å². The van der Waals surface area contributed by atoms with Crippen LogP contribution in [0.1, 0.15) is 11.1 Å². The van der Waals surface area contributed by atoms with Gasteiger partial charge in [-0.2, -0.15) is 0 Å². The molecule has 0 aliphatic rings. The van der Waals surface area contributed by atoms with Crippen LogP contribution in [0.2, 0.25) is 0 Å². The molecule has 3 nitrogen and oxygen atoms in total. The summed E-state index contributed by atoms with van der Waals surface area (Å²) < 4.78 is 6.14.